The van der Waals surface area contributed by atoms with E-state index in [0.717, 1.165) is 24.8 Å². The molecule has 3 N–H and O–H groups in total. The largest absolute Gasteiger partial charge is 0.446 e. The third kappa shape index (κ3) is 6.86. The molecule has 1 saturated carbocycles. The van der Waals surface area contributed by atoms with Crippen LogP contribution in [0.15, 0.2) is 29.4 Å². The van der Waals surface area contributed by atoms with Crippen molar-refractivity contribution in [1.82, 2.24) is 20.9 Å². The van der Waals surface area contributed by atoms with Gasteiger partial charge in [-0.25, -0.2) is 4.79 Å². The molecule has 12 nitrogen and oxygen atoms in total. The number of oxime groups is 1. The van der Waals surface area contributed by atoms with E-state index in [1.165, 1.54) is 18.9 Å². The second-order valence-corrected chi connectivity index (χ2v) is 12.7. The first-order valence-electron chi connectivity index (χ1n) is 14.1. The fraction of sp³-hybridized carbons (Fsp3) is 0.586. The molecule has 0 aromatic heterocycles. The smallest absolute Gasteiger partial charge is 0.408 e. The summed E-state index contributed by atoms with van der Waals surface area (Å²) in [6.45, 7) is 6.81. The van der Waals surface area contributed by atoms with E-state index in [1.54, 1.807) is 39.0 Å². The van der Waals surface area contributed by atoms with Crippen LogP contribution in [0.4, 0.5) is 4.79 Å². The Kier molecular flexibility index (Phi) is 9.15. The van der Waals surface area contributed by atoms with Crippen LogP contribution in [0.25, 0.3) is 0 Å². The molecule has 1 aromatic carbocycles. The fourth-order valence-electron chi connectivity index (χ4n) is 5.25. The Balaban J connectivity index is 1.59. The van der Waals surface area contributed by atoms with Crippen LogP contribution in [-0.4, -0.2) is 83.6 Å². The molecular formula is C29H38ClN5O7. The van der Waals surface area contributed by atoms with Gasteiger partial charge in [0.05, 0.1) is 18.3 Å². The number of rotatable bonds is 8. The number of ether oxygens (including phenoxy) is 1. The molecule has 1 spiro atoms. The summed E-state index contributed by atoms with van der Waals surface area (Å²) in [4.78, 5) is 72.0. The molecule has 1 aromatic rings. The number of alkyl carbamates (subject to hydrolysis) is 1. The van der Waals surface area contributed by atoms with E-state index >= 15 is 0 Å². The first-order valence-corrected chi connectivity index (χ1v) is 14.5. The number of nitrogens with zero attached hydrogens (tertiary/aromatic N) is 2. The van der Waals surface area contributed by atoms with E-state index in [0.29, 0.717) is 17.2 Å². The zero-order chi connectivity index (χ0) is 30.8. The van der Waals surface area contributed by atoms with Gasteiger partial charge in [0.25, 0.3) is 5.91 Å². The third-order valence-electron chi connectivity index (χ3n) is 7.89. The Hall–Kier alpha value is -3.67. The number of amides is 4. The average molecular weight is 604 g/mol. The summed E-state index contributed by atoms with van der Waals surface area (Å²) in [5.41, 5.74) is -0.404. The number of Topliss-reactive ketones (excluding diaryl/α,β-unsaturated/α-hetero) is 1. The number of likely N-dealkylation sites (tertiary alicyclic amines) is 1. The summed E-state index contributed by atoms with van der Waals surface area (Å²) in [6, 6.07) is 3.89. The first-order chi connectivity index (χ1) is 19.7. The van der Waals surface area contributed by atoms with Gasteiger partial charge in [0, 0.05) is 30.5 Å². The highest BCUT2D eigenvalue weighted by atomic mass is 35.5. The molecule has 2 aliphatic heterocycles. The molecule has 2 fully saturated rings. The van der Waals surface area contributed by atoms with Crippen LogP contribution >= 0.6 is 11.6 Å². The quantitative estimate of drug-likeness (QED) is 0.385. The van der Waals surface area contributed by atoms with E-state index < -0.39 is 58.7 Å². The number of nitrogens with one attached hydrogen (secondary N) is 3. The molecule has 4 amide bonds. The standard InChI is InChI=1S/C29H38ClN5O7/c1-16(22(36)25(38)31-5)32-24(37)21-14-29(13-20(34-42-29)17-8-6-9-18(30)12-17)15-35(21)26(39)23(28(2,3)4)33-27(40)41-19-10-7-11-19/h6,8-9,12,16,19,21,23H,7,10-11,13-15H2,1-5H3,(H,31,38)(H,32,37)(H,33,40)/t16-,21-,23+,29+/m0/s1. The molecular weight excluding hydrogens is 566 g/mol. The maximum Gasteiger partial charge on any atom is 0.408 e. The van der Waals surface area contributed by atoms with Crippen LogP contribution in [-0.2, 0) is 28.8 Å². The van der Waals surface area contributed by atoms with Crippen LogP contribution in [0.1, 0.15) is 65.4 Å². The summed E-state index contributed by atoms with van der Waals surface area (Å²) >= 11 is 6.17. The Morgan fingerprint density at radius 3 is 2.48 bits per heavy atom. The highest BCUT2D eigenvalue weighted by Crippen LogP contribution is 2.40. The lowest BCUT2D eigenvalue weighted by molar-refractivity contribution is -0.143. The van der Waals surface area contributed by atoms with Crippen molar-refractivity contribution in [2.24, 2.45) is 10.6 Å². The van der Waals surface area contributed by atoms with Crippen LogP contribution in [0.5, 0.6) is 0 Å². The minimum absolute atomic E-state index is 0.00118. The second kappa shape index (κ2) is 12.3. The van der Waals surface area contributed by atoms with E-state index in [1.807, 2.05) is 6.07 Å². The topological polar surface area (TPSA) is 156 Å². The third-order valence-corrected chi connectivity index (χ3v) is 8.12. The van der Waals surface area contributed by atoms with Crippen molar-refractivity contribution in [2.75, 3.05) is 13.6 Å². The molecule has 0 unspecified atom stereocenters. The predicted octanol–water partition coefficient (Wildman–Crippen LogP) is 2.32. The number of hydrogen-bond donors (Lipinski definition) is 3. The maximum absolute atomic E-state index is 14.2. The highest BCUT2D eigenvalue weighted by Gasteiger charge is 2.55. The summed E-state index contributed by atoms with van der Waals surface area (Å²) in [6.07, 6.45) is 2.02. The lowest BCUT2D eigenvalue weighted by Crippen LogP contribution is -2.59. The van der Waals surface area contributed by atoms with Crippen molar-refractivity contribution in [3.05, 3.63) is 34.9 Å². The molecule has 1 aliphatic carbocycles. The van der Waals surface area contributed by atoms with Gasteiger partial charge in [-0.05, 0) is 43.7 Å². The van der Waals surface area contributed by atoms with E-state index in [-0.39, 0.29) is 19.1 Å². The van der Waals surface area contributed by atoms with Gasteiger partial charge in [-0.2, -0.15) is 0 Å². The predicted molar refractivity (Wildman–Crippen MR) is 154 cm³/mol. The van der Waals surface area contributed by atoms with E-state index in [9.17, 15) is 24.0 Å². The molecule has 228 valence electrons. The fourth-order valence-corrected chi connectivity index (χ4v) is 5.44. The average Bonchev–Trinajstić information content (AvgIpc) is 3.51. The van der Waals surface area contributed by atoms with Crippen LogP contribution in [0, 0.1) is 5.41 Å². The molecule has 42 heavy (non-hydrogen) atoms. The summed E-state index contributed by atoms with van der Waals surface area (Å²) in [5, 5.41) is 12.3. The van der Waals surface area contributed by atoms with Crippen molar-refractivity contribution in [3.8, 4) is 0 Å². The number of halogens is 1. The lowest BCUT2D eigenvalue weighted by Gasteiger charge is -2.36. The van der Waals surface area contributed by atoms with Gasteiger partial charge in [0.2, 0.25) is 17.6 Å². The first kappa shape index (κ1) is 31.3. The molecule has 0 radical (unpaired) electrons. The highest BCUT2D eigenvalue weighted by molar-refractivity contribution is 6.38. The lowest BCUT2D eigenvalue weighted by atomic mass is 9.85. The Morgan fingerprint density at radius 1 is 1.17 bits per heavy atom. The summed E-state index contributed by atoms with van der Waals surface area (Å²) in [5.74, 6) is -2.81. The van der Waals surface area contributed by atoms with Crippen molar-refractivity contribution < 1.29 is 33.5 Å². The van der Waals surface area contributed by atoms with Crippen molar-refractivity contribution in [3.63, 3.8) is 0 Å². The molecule has 3 aliphatic rings. The van der Waals surface area contributed by atoms with Gasteiger partial charge in [-0.1, -0.05) is 49.7 Å². The van der Waals surface area contributed by atoms with E-state index in [2.05, 4.69) is 21.1 Å². The SMILES string of the molecule is CNC(=O)C(=O)[C@H](C)NC(=O)[C@@H]1C[C@]2(CC(c3cccc(Cl)c3)=NO2)CN1C(=O)[C@@H](NC(=O)OC1CCC1)C(C)(C)C. The monoisotopic (exact) mass is 603 g/mol. The molecule has 4 atom stereocenters. The van der Waals surface area contributed by atoms with Crippen LogP contribution in [0.3, 0.4) is 0 Å². The zero-order valence-electron chi connectivity index (χ0n) is 24.5. The van der Waals surface area contributed by atoms with E-state index in [4.69, 9.17) is 21.2 Å². The molecule has 0 bridgehead atoms. The molecule has 4 rings (SSSR count). The van der Waals surface area contributed by atoms with Gasteiger partial charge < -0.3 is 30.4 Å². The second-order valence-electron chi connectivity index (χ2n) is 12.3. The molecule has 13 heteroatoms. The molecule has 1 saturated heterocycles. The number of likely N-dealkylation sites (N-methyl/N-ethyl adjacent to an activating group) is 1. The number of hydrogen-bond acceptors (Lipinski definition) is 8. The minimum Gasteiger partial charge on any atom is -0.446 e. The normalized spacial score (nSPS) is 23.2. The Bertz CT molecular complexity index is 1290. The van der Waals surface area contributed by atoms with Gasteiger partial charge in [-0.3, -0.25) is 19.2 Å². The Labute approximate surface area is 249 Å². The molecule has 2 heterocycles. The zero-order valence-corrected chi connectivity index (χ0v) is 25.2. The number of benzene rings is 1. The summed E-state index contributed by atoms with van der Waals surface area (Å²) < 4.78 is 5.45. The number of carbonyl (C=O) groups excluding carboxylic acids is 5. The number of ketones is 1. The maximum atomic E-state index is 14.2. The van der Waals surface area contributed by atoms with Gasteiger partial charge in [0.15, 0.2) is 5.60 Å². The minimum atomic E-state index is -1.14. The summed E-state index contributed by atoms with van der Waals surface area (Å²) in [7, 11) is 1.32. The van der Waals surface area contributed by atoms with Gasteiger partial charge in [-0.15, -0.1) is 0 Å². The van der Waals surface area contributed by atoms with Crippen LogP contribution < -0.4 is 16.0 Å². The number of carbonyl (C=O) groups is 5. The van der Waals surface area contributed by atoms with Gasteiger partial charge in [0.1, 0.15) is 18.2 Å². The van der Waals surface area contributed by atoms with Crippen molar-refractivity contribution >= 4 is 46.9 Å². The Morgan fingerprint density at radius 2 is 1.88 bits per heavy atom. The van der Waals surface area contributed by atoms with Crippen LogP contribution in [0.2, 0.25) is 5.02 Å². The van der Waals surface area contributed by atoms with Crippen molar-refractivity contribution in [1.29, 1.82) is 0 Å². The van der Waals surface area contributed by atoms with Gasteiger partial charge >= 0.3 is 6.09 Å². The van der Waals surface area contributed by atoms with Crippen molar-refractivity contribution in [2.45, 2.75) is 89.6 Å².